The Bertz CT molecular complexity index is 1180. The maximum absolute atomic E-state index is 11.9. The zero-order valence-electron chi connectivity index (χ0n) is 15.8. The van der Waals surface area contributed by atoms with E-state index in [0.717, 1.165) is 22.4 Å². The number of aromatic hydroxyl groups is 1. The van der Waals surface area contributed by atoms with Crippen molar-refractivity contribution in [2.45, 2.75) is 25.8 Å². The number of nitrogens with zero attached hydrogens (tertiary/aromatic N) is 2. The van der Waals surface area contributed by atoms with Gasteiger partial charge in [-0.1, -0.05) is 29.4 Å². The van der Waals surface area contributed by atoms with Gasteiger partial charge in [-0.05, 0) is 48.2 Å². The number of pyridine rings is 1. The third-order valence-corrected chi connectivity index (χ3v) is 5.13. The van der Waals surface area contributed by atoms with Gasteiger partial charge in [0.2, 0.25) is 11.3 Å². The standard InChI is InChI=1S/C22H19N3O4/c1-13(24-29)19-11-20(26)21(27)12-25(19)15-5-2-4-14(10-15)16-6-3-7-18-17(16)8-9-22(28)23-18/h2-7,10-13,27H,8-9H2,1H3,(H,23,28). The average Bonchev–Trinajstić information content (AvgIpc) is 2.74. The van der Waals surface area contributed by atoms with E-state index in [1.54, 1.807) is 11.5 Å². The lowest BCUT2D eigenvalue weighted by Crippen LogP contribution is -2.19. The summed E-state index contributed by atoms with van der Waals surface area (Å²) in [7, 11) is 0. The molecule has 7 heteroatoms. The first kappa shape index (κ1) is 18.6. The predicted molar refractivity (Wildman–Crippen MR) is 110 cm³/mol. The molecule has 146 valence electrons. The van der Waals surface area contributed by atoms with E-state index in [0.29, 0.717) is 24.2 Å². The summed E-state index contributed by atoms with van der Waals surface area (Å²) in [5, 5.41) is 15.9. The normalized spacial score (nSPS) is 14.0. The van der Waals surface area contributed by atoms with Crippen LogP contribution in [-0.2, 0) is 11.2 Å². The van der Waals surface area contributed by atoms with Gasteiger partial charge in [0.15, 0.2) is 5.75 Å². The van der Waals surface area contributed by atoms with E-state index < -0.39 is 17.2 Å². The molecule has 0 fully saturated rings. The summed E-state index contributed by atoms with van der Waals surface area (Å²) < 4.78 is 1.60. The van der Waals surface area contributed by atoms with Crippen LogP contribution < -0.4 is 10.7 Å². The van der Waals surface area contributed by atoms with Crippen LogP contribution in [0.4, 0.5) is 5.69 Å². The number of hydrogen-bond donors (Lipinski definition) is 2. The summed E-state index contributed by atoms with van der Waals surface area (Å²) in [6.07, 6.45) is 2.39. The molecule has 2 aromatic carbocycles. The topological polar surface area (TPSA) is 101 Å². The number of nitrogens with one attached hydrogen (secondary N) is 1. The Balaban J connectivity index is 1.86. The zero-order chi connectivity index (χ0) is 20.5. The first-order valence-electron chi connectivity index (χ1n) is 9.28. The summed E-state index contributed by atoms with van der Waals surface area (Å²) in [4.78, 5) is 34.7. The molecule has 0 radical (unpaired) electrons. The van der Waals surface area contributed by atoms with Crippen molar-refractivity contribution in [3.8, 4) is 22.6 Å². The molecule has 4 rings (SSSR count). The highest BCUT2D eigenvalue weighted by Gasteiger charge is 2.19. The van der Waals surface area contributed by atoms with Crippen molar-refractivity contribution in [3.63, 3.8) is 0 Å². The molecule has 29 heavy (non-hydrogen) atoms. The van der Waals surface area contributed by atoms with E-state index in [2.05, 4.69) is 10.5 Å². The molecular formula is C22H19N3O4. The smallest absolute Gasteiger partial charge is 0.224 e. The number of hydrogen-bond acceptors (Lipinski definition) is 5. The van der Waals surface area contributed by atoms with Gasteiger partial charge in [0.1, 0.15) is 6.04 Å². The number of carbonyl (C=O) groups is 1. The van der Waals surface area contributed by atoms with Crippen LogP contribution in [0.15, 0.2) is 64.7 Å². The molecule has 1 unspecified atom stereocenters. The number of rotatable bonds is 4. The summed E-state index contributed by atoms with van der Waals surface area (Å²) in [6.45, 7) is 1.59. The van der Waals surface area contributed by atoms with Crippen LogP contribution >= 0.6 is 0 Å². The Labute approximate surface area is 166 Å². The van der Waals surface area contributed by atoms with E-state index in [4.69, 9.17) is 0 Å². The van der Waals surface area contributed by atoms with E-state index in [1.165, 1.54) is 12.3 Å². The Morgan fingerprint density at radius 1 is 1.10 bits per heavy atom. The molecule has 1 aliphatic heterocycles. The van der Waals surface area contributed by atoms with Crippen molar-refractivity contribution in [1.29, 1.82) is 0 Å². The highest BCUT2D eigenvalue weighted by Crippen LogP contribution is 2.34. The Morgan fingerprint density at radius 2 is 1.90 bits per heavy atom. The lowest BCUT2D eigenvalue weighted by Gasteiger charge is -2.21. The summed E-state index contributed by atoms with van der Waals surface area (Å²) in [6, 6.07) is 13.8. The maximum atomic E-state index is 11.9. The molecule has 0 saturated heterocycles. The predicted octanol–water partition coefficient (Wildman–Crippen LogP) is 3.92. The lowest BCUT2D eigenvalue weighted by atomic mass is 9.92. The van der Waals surface area contributed by atoms with Crippen LogP contribution in [0.5, 0.6) is 5.75 Å². The molecule has 2 N–H and O–H groups in total. The van der Waals surface area contributed by atoms with Crippen molar-refractivity contribution in [1.82, 2.24) is 4.57 Å². The van der Waals surface area contributed by atoms with Gasteiger partial charge in [-0.3, -0.25) is 9.59 Å². The monoisotopic (exact) mass is 389 g/mol. The summed E-state index contributed by atoms with van der Waals surface area (Å²) >= 11 is 0. The van der Waals surface area contributed by atoms with Gasteiger partial charge in [-0.15, -0.1) is 0 Å². The third kappa shape index (κ3) is 3.42. The molecule has 0 saturated carbocycles. The molecule has 1 amide bonds. The summed E-state index contributed by atoms with van der Waals surface area (Å²) in [5.74, 6) is -0.399. The van der Waals surface area contributed by atoms with E-state index in [9.17, 15) is 19.6 Å². The van der Waals surface area contributed by atoms with Gasteiger partial charge in [0.25, 0.3) is 0 Å². The fourth-order valence-electron chi connectivity index (χ4n) is 3.66. The number of fused-ring (bicyclic) bond motifs is 1. The van der Waals surface area contributed by atoms with Crippen molar-refractivity contribution in [2.24, 2.45) is 5.18 Å². The molecular weight excluding hydrogens is 370 g/mol. The highest BCUT2D eigenvalue weighted by atomic mass is 16.3. The number of amides is 1. The quantitative estimate of drug-likeness (QED) is 0.660. The van der Waals surface area contributed by atoms with Crippen LogP contribution in [0.25, 0.3) is 16.8 Å². The molecule has 2 heterocycles. The van der Waals surface area contributed by atoms with Crippen LogP contribution in [0, 0.1) is 4.91 Å². The Morgan fingerprint density at radius 3 is 2.69 bits per heavy atom. The molecule has 7 nitrogen and oxygen atoms in total. The van der Waals surface area contributed by atoms with E-state index >= 15 is 0 Å². The van der Waals surface area contributed by atoms with Gasteiger partial charge < -0.3 is 15.0 Å². The van der Waals surface area contributed by atoms with E-state index in [-0.39, 0.29) is 5.91 Å². The second-order valence-corrected chi connectivity index (χ2v) is 7.03. The van der Waals surface area contributed by atoms with Gasteiger partial charge in [-0.25, -0.2) is 0 Å². The van der Waals surface area contributed by atoms with Gasteiger partial charge in [0.05, 0.1) is 11.9 Å². The second-order valence-electron chi connectivity index (χ2n) is 7.03. The largest absolute Gasteiger partial charge is 0.503 e. The lowest BCUT2D eigenvalue weighted by molar-refractivity contribution is -0.116. The maximum Gasteiger partial charge on any atom is 0.224 e. The Kier molecular flexibility index (Phi) is 4.72. The van der Waals surface area contributed by atoms with Gasteiger partial charge in [-0.2, -0.15) is 4.91 Å². The van der Waals surface area contributed by atoms with Gasteiger partial charge >= 0.3 is 0 Å². The minimum absolute atomic E-state index is 0.00660. The first-order chi connectivity index (χ1) is 14.0. The Hall–Kier alpha value is -3.74. The molecule has 1 atom stereocenters. The number of nitroso groups, excluding NO2 is 1. The number of carbonyl (C=O) groups excluding carboxylic acids is 1. The first-order valence-corrected chi connectivity index (χ1v) is 9.28. The third-order valence-electron chi connectivity index (χ3n) is 5.13. The molecule has 0 aliphatic carbocycles. The minimum atomic E-state index is -0.758. The number of anilines is 1. The van der Waals surface area contributed by atoms with E-state index in [1.807, 2.05) is 42.5 Å². The van der Waals surface area contributed by atoms with Crippen molar-refractivity contribution < 1.29 is 9.90 Å². The minimum Gasteiger partial charge on any atom is -0.503 e. The molecule has 0 spiro atoms. The molecule has 1 aliphatic rings. The van der Waals surface area contributed by atoms with Crippen LogP contribution in [0.3, 0.4) is 0 Å². The fraction of sp³-hybridized carbons (Fsp3) is 0.182. The van der Waals surface area contributed by atoms with Crippen molar-refractivity contribution >= 4 is 11.6 Å². The molecule has 1 aromatic heterocycles. The number of benzene rings is 2. The van der Waals surface area contributed by atoms with Crippen LogP contribution in [0.2, 0.25) is 0 Å². The van der Waals surface area contributed by atoms with Crippen LogP contribution in [-0.4, -0.2) is 15.6 Å². The molecule has 3 aromatic rings. The molecule has 0 bridgehead atoms. The second kappa shape index (κ2) is 7.35. The number of aromatic nitrogens is 1. The zero-order valence-corrected chi connectivity index (χ0v) is 15.8. The van der Waals surface area contributed by atoms with Gasteiger partial charge in [0, 0.05) is 23.9 Å². The fourth-order valence-corrected chi connectivity index (χ4v) is 3.66. The van der Waals surface area contributed by atoms with Crippen LogP contribution in [0.1, 0.15) is 30.6 Å². The van der Waals surface area contributed by atoms with Crippen molar-refractivity contribution in [3.05, 3.63) is 81.1 Å². The van der Waals surface area contributed by atoms with Crippen molar-refractivity contribution in [2.75, 3.05) is 5.32 Å². The summed E-state index contributed by atoms with van der Waals surface area (Å²) in [5.41, 5.74) is 4.31. The highest BCUT2D eigenvalue weighted by molar-refractivity contribution is 5.95. The average molecular weight is 389 g/mol. The SMILES string of the molecule is CC(N=O)c1cc(=O)c(O)cn1-c1cccc(-c2cccc3c2CCC(=O)N3)c1.